The van der Waals surface area contributed by atoms with Crippen LogP contribution in [0.5, 0.6) is 34.5 Å². The van der Waals surface area contributed by atoms with Crippen LogP contribution in [-0.4, -0.2) is 122 Å². The number of carboxylic acid groups (broad SMARTS) is 3. The first-order chi connectivity index (χ1) is 59.8. The molecule has 133 heavy (non-hydrogen) atoms. The number of aliphatic carboxylic acids is 3. The summed E-state index contributed by atoms with van der Waals surface area (Å²) in [6, 6.07) is 25.6. The van der Waals surface area contributed by atoms with Gasteiger partial charge in [0, 0.05) is 122 Å². The predicted octanol–water partition coefficient (Wildman–Crippen LogP) is 23.7. The van der Waals surface area contributed by atoms with Crippen molar-refractivity contribution in [1.29, 1.82) is 0 Å². The van der Waals surface area contributed by atoms with E-state index >= 15 is 0 Å². The van der Waals surface area contributed by atoms with E-state index in [0.717, 1.165) is 165 Å². The second-order valence-corrected chi connectivity index (χ2v) is 49.2. The van der Waals surface area contributed by atoms with Crippen molar-refractivity contribution >= 4 is 55.2 Å². The number of carboxylic acids is 3. The van der Waals surface area contributed by atoms with Crippen molar-refractivity contribution in [3.63, 3.8) is 0 Å². The van der Waals surface area contributed by atoms with Crippen molar-refractivity contribution in [3.05, 3.63) is 173 Å². The van der Waals surface area contributed by atoms with Gasteiger partial charge in [-0.2, -0.15) is 0 Å². The number of hydrogen-bond acceptors (Lipinski definition) is 18. The Kier molecular flexibility index (Phi) is 41.5. The van der Waals surface area contributed by atoms with E-state index in [0.29, 0.717) is 34.5 Å². The normalized spacial score (nSPS) is 18.2. The molecule has 6 N–H and O–H groups in total. The van der Waals surface area contributed by atoms with Crippen molar-refractivity contribution in [3.8, 4) is 34.5 Å². The minimum absolute atomic E-state index is 0. The zero-order valence-corrected chi connectivity index (χ0v) is 90.0. The summed E-state index contributed by atoms with van der Waals surface area (Å²) in [6.07, 6.45) is 23.7. The molecule has 3 fully saturated rings. The molecule has 0 aromatic heterocycles. The molecule has 3 aliphatic carbocycles. The predicted molar refractivity (Wildman–Crippen MR) is 549 cm³/mol. The summed E-state index contributed by atoms with van der Waals surface area (Å²) < 4.78 is 0. The number of phenols is 6. The summed E-state index contributed by atoms with van der Waals surface area (Å²) in [4.78, 5) is 56.8. The van der Waals surface area contributed by atoms with Crippen LogP contribution in [0.3, 0.4) is 0 Å². The van der Waals surface area contributed by atoms with Gasteiger partial charge in [-0.1, -0.05) is 324 Å². The summed E-state index contributed by atoms with van der Waals surface area (Å²) in [5, 5.41) is 94.0. The molecule has 0 spiro atoms. The molecular formula is C114H171CoN6O12. The smallest absolute Gasteiger partial charge is 0.550 e. The number of benzene rings is 6. The number of rotatable bonds is 12. The standard InChI is InChI=1S/3C36H54N2O2.3C2H4O2.Co/c3*1-33(2,3)25-17-23(31(39)27(19-25)35(7,8)9)21-37-29-15-13-14-16-30(29)38-22-24-18-26(34(4,5)6)20-28(32(24)40)36(10,11)12;3*1-2(3)4;/h3*17-22,29-30,39-40H,13-16H2,1-12H3;3*1H3,(H,3,4);/q;;;;;;+3/p-3/t29-,30-;;;;;;/m1....../s1. The molecule has 0 saturated heterocycles. The van der Waals surface area contributed by atoms with Crippen molar-refractivity contribution in [2.75, 3.05) is 0 Å². The van der Waals surface area contributed by atoms with Gasteiger partial charge in [0.05, 0.1) is 36.3 Å². The van der Waals surface area contributed by atoms with E-state index in [1.54, 1.807) is 0 Å². The topological polar surface area (TPSA) is 316 Å². The van der Waals surface area contributed by atoms with Crippen molar-refractivity contribution in [1.82, 2.24) is 0 Å². The first-order valence-electron chi connectivity index (χ1n) is 47.8. The molecule has 0 amide bonds. The van der Waals surface area contributed by atoms with Crippen LogP contribution < -0.4 is 15.3 Å². The minimum atomic E-state index is -1.08. The van der Waals surface area contributed by atoms with Gasteiger partial charge in [-0.25, -0.2) is 0 Å². The SMILES string of the molecule is CC(=O)[O-].CC(=O)[O-].CC(=O)[O-].CC(C)(C)c1cc(C=NC2CCCCC2N=Cc2cc(C(C)(C)C)cc(C(C)(C)C)c2O)c(O)c(C(C)(C)C)c1.CC(C)(C)c1cc(C=NC2CCCCC2N=Cc2cc(C(C)(C)C)cc(C(C)(C)C)c2O)c(O)c(C(C)(C)C)c1.CC(C)(C)c1cc(C=N[C@@H]2CCCC[C@H]2N=Cc2cc(C(C)(C)C)cc(C(C)(C)C)c2O)c(O)c(C(C)(C)C)c1.[Co+3]. The maximum atomic E-state index is 11.2. The van der Waals surface area contributed by atoms with Gasteiger partial charge in [0.25, 0.3) is 0 Å². The number of phenolic OH excluding ortho intramolecular Hbond substituents is 6. The first kappa shape index (κ1) is 118. The number of aromatic hydroxyl groups is 6. The van der Waals surface area contributed by atoms with E-state index in [2.05, 4.69) is 322 Å². The fraction of sp³-hybridized carbons (Fsp3) is 0.605. The minimum Gasteiger partial charge on any atom is -0.550 e. The average molecular weight is 1880 g/mol. The average Bonchev–Trinajstić information content (AvgIpc) is 0.807. The molecule has 3 aliphatic rings. The van der Waals surface area contributed by atoms with Gasteiger partial charge in [-0.05, 0) is 194 Å². The summed E-state index contributed by atoms with van der Waals surface area (Å²) in [7, 11) is 0. The van der Waals surface area contributed by atoms with Gasteiger partial charge in [0.2, 0.25) is 0 Å². The van der Waals surface area contributed by atoms with Crippen LogP contribution in [0.2, 0.25) is 0 Å². The van der Waals surface area contributed by atoms with E-state index in [9.17, 15) is 30.6 Å². The number of aliphatic imine (C=N–C) groups is 6. The third kappa shape index (κ3) is 36.6. The van der Waals surface area contributed by atoms with Crippen molar-refractivity contribution in [2.24, 2.45) is 30.0 Å². The van der Waals surface area contributed by atoms with Gasteiger partial charge in [-0.15, -0.1) is 0 Å². The molecule has 0 bridgehead atoms. The molecule has 6 aromatic carbocycles. The van der Waals surface area contributed by atoms with Crippen LogP contribution >= 0.6 is 0 Å². The van der Waals surface area contributed by atoms with Crippen LogP contribution in [0, 0.1) is 0 Å². The van der Waals surface area contributed by atoms with Crippen LogP contribution in [0.25, 0.3) is 0 Å². The molecule has 9 rings (SSSR count). The van der Waals surface area contributed by atoms with Gasteiger partial charge < -0.3 is 60.3 Å². The molecule has 0 heterocycles. The Morgan fingerprint density at radius 2 is 0.323 bits per heavy atom. The Hall–Kier alpha value is -8.94. The largest absolute Gasteiger partial charge is 3.00 e. The van der Waals surface area contributed by atoms with E-state index < -0.39 is 17.9 Å². The van der Waals surface area contributed by atoms with Crippen molar-refractivity contribution in [2.45, 2.75) is 448 Å². The molecule has 738 valence electrons. The molecule has 19 heteroatoms. The molecule has 6 atom stereocenters. The zero-order valence-electron chi connectivity index (χ0n) is 89.0. The van der Waals surface area contributed by atoms with E-state index in [1.165, 1.54) is 33.4 Å². The monoisotopic (exact) mass is 1880 g/mol. The molecule has 3 saturated carbocycles. The Morgan fingerprint density at radius 3 is 0.406 bits per heavy atom. The first-order valence-corrected chi connectivity index (χ1v) is 47.8. The molecule has 4 unspecified atom stereocenters. The van der Waals surface area contributed by atoms with Gasteiger partial charge in [-0.3, -0.25) is 30.0 Å². The zero-order chi connectivity index (χ0) is 102. The van der Waals surface area contributed by atoms with Crippen LogP contribution in [0.15, 0.2) is 103 Å². The number of carbonyl (C=O) groups is 3. The Labute approximate surface area is 813 Å². The van der Waals surface area contributed by atoms with Gasteiger partial charge in [0.15, 0.2) is 0 Å². The van der Waals surface area contributed by atoms with Crippen LogP contribution in [0.1, 0.15) is 447 Å². The van der Waals surface area contributed by atoms with Crippen LogP contribution in [-0.2, 0) is 96.1 Å². The summed E-state index contributed by atoms with van der Waals surface area (Å²) in [6.45, 7) is 81.0. The summed E-state index contributed by atoms with van der Waals surface area (Å²) in [5.41, 5.74) is 16.2. The number of carbonyl (C=O) groups excluding carboxylic acids is 3. The van der Waals surface area contributed by atoms with Gasteiger partial charge >= 0.3 is 16.8 Å². The quantitative estimate of drug-likeness (QED) is 0.0623. The van der Waals surface area contributed by atoms with Crippen LogP contribution in [0.4, 0.5) is 0 Å². The fourth-order valence-electron chi connectivity index (χ4n) is 15.9. The summed E-state index contributed by atoms with van der Waals surface area (Å²) >= 11 is 0. The second kappa shape index (κ2) is 46.7. The third-order valence-corrected chi connectivity index (χ3v) is 24.4. The van der Waals surface area contributed by atoms with Gasteiger partial charge in [0.1, 0.15) is 34.5 Å². The number of nitrogens with zero attached hydrogens (tertiary/aromatic N) is 6. The van der Waals surface area contributed by atoms with E-state index in [4.69, 9.17) is 59.7 Å². The Morgan fingerprint density at radius 1 is 0.226 bits per heavy atom. The third-order valence-electron chi connectivity index (χ3n) is 24.4. The molecule has 6 aromatic rings. The molecular weight excluding hydrogens is 1700 g/mol. The number of hydrogen-bond donors (Lipinski definition) is 6. The Bertz CT molecular complexity index is 4280. The Balaban J connectivity index is 0.000000481. The molecule has 0 radical (unpaired) electrons. The second-order valence-electron chi connectivity index (χ2n) is 49.2. The van der Waals surface area contributed by atoms with Crippen molar-refractivity contribution < 1.29 is 77.1 Å². The molecule has 18 nitrogen and oxygen atoms in total. The van der Waals surface area contributed by atoms with E-state index in [-0.39, 0.29) is 118 Å². The maximum absolute atomic E-state index is 11.2. The maximum Gasteiger partial charge on any atom is 3.00 e. The molecule has 0 aliphatic heterocycles. The van der Waals surface area contributed by atoms with E-state index in [1.807, 2.05) is 37.3 Å². The fourth-order valence-corrected chi connectivity index (χ4v) is 15.9. The summed E-state index contributed by atoms with van der Waals surface area (Å²) in [5.74, 6) is -1.34.